The Kier molecular flexibility index (Phi) is 7.62. The number of carbonyl (C=O) groups is 1. The Hall–Kier alpha value is -3.66. The van der Waals surface area contributed by atoms with Crippen LogP contribution in [0.25, 0.3) is 11.1 Å². The molecule has 3 aromatic rings. The van der Waals surface area contributed by atoms with Gasteiger partial charge in [-0.05, 0) is 23.3 Å². The van der Waals surface area contributed by atoms with Crippen LogP contribution in [-0.4, -0.2) is 71.4 Å². The summed E-state index contributed by atoms with van der Waals surface area (Å²) in [7, 11) is -3.55. The summed E-state index contributed by atoms with van der Waals surface area (Å²) < 4.78 is 106. The van der Waals surface area contributed by atoms with Crippen LogP contribution in [0, 0.1) is 0 Å². The zero-order chi connectivity index (χ0) is 28.6. The van der Waals surface area contributed by atoms with Crippen molar-refractivity contribution in [1.82, 2.24) is 24.6 Å². The third-order valence-corrected chi connectivity index (χ3v) is 6.53. The Morgan fingerprint density at radius 3 is 2.18 bits per heavy atom. The van der Waals surface area contributed by atoms with Crippen molar-refractivity contribution in [2.75, 3.05) is 37.2 Å². The molecule has 0 atom stereocenters. The van der Waals surface area contributed by atoms with Crippen LogP contribution in [0.4, 0.5) is 36.8 Å². The lowest BCUT2D eigenvalue weighted by molar-refractivity contribution is -0.141. The van der Waals surface area contributed by atoms with Crippen LogP contribution in [0.5, 0.6) is 0 Å². The maximum Gasteiger partial charge on any atom is 0.433 e. The minimum absolute atomic E-state index is 0.0190. The van der Waals surface area contributed by atoms with Gasteiger partial charge in [0.15, 0.2) is 0 Å². The standard InChI is InChI=1S/C23H22F6N6O3S/c1-39(37,38)32-18-12-31-35(14-18)21(36)34-8-6-33(7-9-34)13-17-3-2-15(10-19(17)22(24,25)26)16-4-5-20(30-11-16)23(27,28)29/h2-5,10-12,14,32H,6-9,13H2,1H3. The number of hydrogen-bond acceptors (Lipinski definition) is 6. The SMILES string of the molecule is CS(=O)(=O)Nc1cnn(C(=O)N2CCN(Cc3ccc(-c4ccc(C(F)(F)F)nc4)cc3C(F)(F)F)CC2)c1. The molecule has 0 saturated carbocycles. The molecule has 3 heterocycles. The lowest BCUT2D eigenvalue weighted by Gasteiger charge is -2.34. The third-order valence-electron chi connectivity index (χ3n) is 5.92. The molecule has 1 aliphatic rings. The summed E-state index contributed by atoms with van der Waals surface area (Å²) in [4.78, 5) is 19.2. The second-order valence-corrected chi connectivity index (χ2v) is 10.6. The third kappa shape index (κ3) is 7.06. The van der Waals surface area contributed by atoms with Crippen molar-refractivity contribution in [3.63, 3.8) is 0 Å². The van der Waals surface area contributed by atoms with E-state index in [-0.39, 0.29) is 55.1 Å². The predicted molar refractivity (Wildman–Crippen MR) is 128 cm³/mol. The molecule has 0 spiro atoms. The zero-order valence-electron chi connectivity index (χ0n) is 20.3. The van der Waals surface area contributed by atoms with Crippen LogP contribution in [-0.2, 0) is 28.9 Å². The van der Waals surface area contributed by atoms with E-state index < -0.39 is 39.7 Å². The summed E-state index contributed by atoms with van der Waals surface area (Å²) in [5.41, 5.74) is -1.78. The van der Waals surface area contributed by atoms with Gasteiger partial charge >= 0.3 is 18.4 Å². The van der Waals surface area contributed by atoms with Gasteiger partial charge in [0.2, 0.25) is 10.0 Å². The van der Waals surface area contributed by atoms with Gasteiger partial charge in [-0.1, -0.05) is 18.2 Å². The number of alkyl halides is 6. The first kappa shape index (κ1) is 28.4. The summed E-state index contributed by atoms with van der Waals surface area (Å²) in [6.07, 6.45) is -5.13. The maximum atomic E-state index is 13.9. The van der Waals surface area contributed by atoms with E-state index in [1.807, 2.05) is 0 Å². The Morgan fingerprint density at radius 2 is 1.62 bits per heavy atom. The largest absolute Gasteiger partial charge is 0.433 e. The van der Waals surface area contributed by atoms with Crippen LogP contribution in [0.3, 0.4) is 0 Å². The fourth-order valence-corrected chi connectivity index (χ4v) is 4.60. The second kappa shape index (κ2) is 10.5. The first-order valence-corrected chi connectivity index (χ1v) is 13.3. The van der Waals surface area contributed by atoms with Crippen molar-refractivity contribution in [3.8, 4) is 11.1 Å². The molecule has 1 amide bonds. The summed E-state index contributed by atoms with van der Waals surface area (Å²) in [5, 5.41) is 3.85. The molecule has 1 aromatic carbocycles. The van der Waals surface area contributed by atoms with E-state index in [1.54, 1.807) is 4.90 Å². The highest BCUT2D eigenvalue weighted by Gasteiger charge is 2.35. The molecular weight excluding hydrogens is 554 g/mol. The van der Waals surface area contributed by atoms with Crippen molar-refractivity contribution in [3.05, 3.63) is 65.7 Å². The zero-order valence-corrected chi connectivity index (χ0v) is 21.1. The molecule has 39 heavy (non-hydrogen) atoms. The maximum absolute atomic E-state index is 13.9. The molecule has 0 bridgehead atoms. The number of carbonyl (C=O) groups excluding carboxylic acids is 1. The molecule has 0 aliphatic carbocycles. The van der Waals surface area contributed by atoms with Gasteiger partial charge in [0.1, 0.15) is 5.69 Å². The number of sulfonamides is 1. The van der Waals surface area contributed by atoms with Gasteiger partial charge in [0.25, 0.3) is 0 Å². The quantitative estimate of drug-likeness (QED) is 0.459. The number of nitrogens with one attached hydrogen (secondary N) is 1. The number of rotatable bonds is 5. The minimum atomic E-state index is -4.71. The van der Waals surface area contributed by atoms with Gasteiger partial charge in [-0.15, -0.1) is 0 Å². The number of pyridine rings is 1. The van der Waals surface area contributed by atoms with Gasteiger partial charge in [0, 0.05) is 44.5 Å². The molecule has 0 radical (unpaired) electrons. The van der Waals surface area contributed by atoms with Crippen molar-refractivity contribution in [1.29, 1.82) is 0 Å². The molecule has 9 nitrogen and oxygen atoms in total. The van der Waals surface area contributed by atoms with Gasteiger partial charge in [-0.3, -0.25) is 14.6 Å². The molecule has 1 saturated heterocycles. The molecule has 1 N–H and O–H groups in total. The first-order chi connectivity index (χ1) is 18.1. The summed E-state index contributed by atoms with van der Waals surface area (Å²) in [5.74, 6) is 0. The lowest BCUT2D eigenvalue weighted by Crippen LogP contribution is -2.49. The second-order valence-electron chi connectivity index (χ2n) is 8.89. The fraction of sp³-hybridized carbons (Fsp3) is 0.348. The van der Waals surface area contributed by atoms with Crippen LogP contribution < -0.4 is 4.72 Å². The van der Waals surface area contributed by atoms with Crippen LogP contribution >= 0.6 is 0 Å². The van der Waals surface area contributed by atoms with Crippen molar-refractivity contribution in [2.24, 2.45) is 0 Å². The number of amides is 1. The Balaban J connectivity index is 1.43. The van der Waals surface area contributed by atoms with Crippen molar-refractivity contribution >= 4 is 21.7 Å². The molecular formula is C23H22F6N6O3S. The number of aromatic nitrogens is 3. The smallest absolute Gasteiger partial charge is 0.320 e. The van der Waals surface area contributed by atoms with Crippen LogP contribution in [0.2, 0.25) is 0 Å². The van der Waals surface area contributed by atoms with Gasteiger partial charge in [0.05, 0.1) is 29.9 Å². The number of benzene rings is 1. The van der Waals surface area contributed by atoms with Crippen molar-refractivity contribution in [2.45, 2.75) is 18.9 Å². The summed E-state index contributed by atoms with van der Waals surface area (Å²) in [6.45, 7) is 0.869. The number of nitrogens with zero attached hydrogens (tertiary/aromatic N) is 5. The number of piperazine rings is 1. The number of halogens is 6. The molecule has 1 fully saturated rings. The van der Waals surface area contributed by atoms with E-state index >= 15 is 0 Å². The Morgan fingerprint density at radius 1 is 0.949 bits per heavy atom. The number of anilines is 1. The summed E-state index contributed by atoms with van der Waals surface area (Å²) in [6, 6.07) is 4.84. The van der Waals surface area contributed by atoms with Gasteiger partial charge in [-0.2, -0.15) is 36.1 Å². The first-order valence-electron chi connectivity index (χ1n) is 11.4. The fourth-order valence-electron chi connectivity index (χ4n) is 4.07. The minimum Gasteiger partial charge on any atom is -0.320 e. The Labute approximate surface area is 219 Å². The summed E-state index contributed by atoms with van der Waals surface area (Å²) >= 11 is 0. The normalized spacial score (nSPS) is 15.4. The molecule has 16 heteroatoms. The topological polar surface area (TPSA) is 100 Å². The molecule has 0 unspecified atom stereocenters. The van der Waals surface area contributed by atoms with E-state index in [0.717, 1.165) is 29.3 Å². The highest BCUT2D eigenvalue weighted by Crippen LogP contribution is 2.36. The monoisotopic (exact) mass is 576 g/mol. The molecule has 2 aromatic heterocycles. The van der Waals surface area contributed by atoms with E-state index in [0.29, 0.717) is 6.07 Å². The average molecular weight is 577 g/mol. The molecule has 1 aliphatic heterocycles. The highest BCUT2D eigenvalue weighted by atomic mass is 32.2. The average Bonchev–Trinajstić information content (AvgIpc) is 3.30. The van der Waals surface area contributed by atoms with E-state index in [1.165, 1.54) is 29.4 Å². The lowest BCUT2D eigenvalue weighted by atomic mass is 9.99. The van der Waals surface area contributed by atoms with E-state index in [9.17, 15) is 39.6 Å². The van der Waals surface area contributed by atoms with Gasteiger partial charge < -0.3 is 4.90 Å². The molecule has 4 rings (SSSR count). The van der Waals surface area contributed by atoms with E-state index in [4.69, 9.17) is 0 Å². The van der Waals surface area contributed by atoms with Crippen LogP contribution in [0.15, 0.2) is 48.9 Å². The Bertz CT molecular complexity index is 1450. The van der Waals surface area contributed by atoms with Gasteiger partial charge in [-0.25, -0.2) is 13.2 Å². The van der Waals surface area contributed by atoms with Crippen molar-refractivity contribution < 1.29 is 39.6 Å². The number of hydrogen-bond donors (Lipinski definition) is 1. The highest BCUT2D eigenvalue weighted by molar-refractivity contribution is 7.92. The predicted octanol–water partition coefficient (Wildman–Crippen LogP) is 4.14. The van der Waals surface area contributed by atoms with Crippen LogP contribution in [0.1, 0.15) is 16.8 Å². The van der Waals surface area contributed by atoms with E-state index in [2.05, 4.69) is 14.8 Å². The molecule has 210 valence electrons.